The van der Waals surface area contributed by atoms with Gasteiger partial charge in [-0.1, -0.05) is 23.7 Å². The number of nitrogens with zero attached hydrogens (tertiary/aromatic N) is 1. The Morgan fingerprint density at radius 2 is 2.04 bits per heavy atom. The highest BCUT2D eigenvalue weighted by Crippen LogP contribution is 2.22. The molecule has 0 spiro atoms. The molecule has 0 aromatic heterocycles. The Morgan fingerprint density at radius 3 is 2.69 bits per heavy atom. The third-order valence-electron chi connectivity index (χ3n) is 3.72. The number of phenols is 1. The molecule has 0 aliphatic carbocycles. The Hall–Kier alpha value is -2.47. The van der Waals surface area contributed by atoms with Crippen LogP contribution in [-0.2, 0) is 13.0 Å². The number of benzene rings is 2. The predicted molar refractivity (Wildman–Crippen MR) is 103 cm³/mol. The van der Waals surface area contributed by atoms with Gasteiger partial charge in [0, 0.05) is 18.1 Å². The highest BCUT2D eigenvalue weighted by Gasteiger charge is 2.05. The van der Waals surface area contributed by atoms with Crippen LogP contribution < -0.4 is 15.4 Å². The number of aromatic hydroxyl groups is 1. The average molecular weight is 380 g/mol. The molecule has 0 saturated carbocycles. The number of ether oxygens (including phenoxy) is 1. The zero-order chi connectivity index (χ0) is 18.9. The van der Waals surface area contributed by atoms with E-state index in [2.05, 4.69) is 15.6 Å². The number of rotatable bonds is 7. The quantitative estimate of drug-likeness (QED) is 0.509. The normalized spacial score (nSPS) is 11.3. The molecule has 0 amide bonds. The summed E-state index contributed by atoms with van der Waals surface area (Å²) >= 11 is 6.24. The molecule has 0 unspecified atom stereocenters. The van der Waals surface area contributed by atoms with Gasteiger partial charge >= 0.3 is 0 Å². The summed E-state index contributed by atoms with van der Waals surface area (Å²) < 4.78 is 18.5. The number of phenolic OH excluding ortho intramolecular Hbond substituents is 1. The number of nitrogens with one attached hydrogen (secondary N) is 2. The largest absolute Gasteiger partial charge is 0.505 e. The average Bonchev–Trinajstić information content (AvgIpc) is 2.63. The minimum atomic E-state index is -0.648. The van der Waals surface area contributed by atoms with Gasteiger partial charge in [0.05, 0.1) is 13.7 Å². The van der Waals surface area contributed by atoms with E-state index in [1.807, 2.05) is 19.1 Å². The van der Waals surface area contributed by atoms with E-state index in [0.717, 1.165) is 17.7 Å². The van der Waals surface area contributed by atoms with E-state index in [9.17, 15) is 9.50 Å². The summed E-state index contributed by atoms with van der Waals surface area (Å²) in [6.07, 6.45) is 0.723. The minimum Gasteiger partial charge on any atom is -0.505 e. The molecule has 0 saturated heterocycles. The first-order valence-electron chi connectivity index (χ1n) is 8.35. The van der Waals surface area contributed by atoms with Crippen molar-refractivity contribution >= 4 is 17.6 Å². The number of halogens is 2. The number of methoxy groups -OCH3 is 1. The molecule has 5 nitrogen and oxygen atoms in total. The van der Waals surface area contributed by atoms with Crippen molar-refractivity contribution in [3.63, 3.8) is 0 Å². The summed E-state index contributed by atoms with van der Waals surface area (Å²) in [7, 11) is 1.60. The van der Waals surface area contributed by atoms with Crippen LogP contribution in [0.2, 0.25) is 5.02 Å². The molecule has 0 fully saturated rings. The molecule has 26 heavy (non-hydrogen) atoms. The highest BCUT2D eigenvalue weighted by molar-refractivity contribution is 6.31. The van der Waals surface area contributed by atoms with Crippen LogP contribution in [0, 0.1) is 5.82 Å². The van der Waals surface area contributed by atoms with Crippen molar-refractivity contribution in [3.8, 4) is 11.5 Å². The van der Waals surface area contributed by atoms with Crippen LogP contribution in [0.25, 0.3) is 0 Å². The van der Waals surface area contributed by atoms with Gasteiger partial charge in [-0.2, -0.15) is 0 Å². The first-order chi connectivity index (χ1) is 12.5. The fourth-order valence-corrected chi connectivity index (χ4v) is 2.60. The van der Waals surface area contributed by atoms with Crippen LogP contribution in [-0.4, -0.2) is 31.3 Å². The van der Waals surface area contributed by atoms with E-state index in [0.29, 0.717) is 36.2 Å². The molecule has 7 heteroatoms. The second-order valence-electron chi connectivity index (χ2n) is 5.62. The third-order valence-corrected chi connectivity index (χ3v) is 4.07. The maximum atomic E-state index is 13.4. The summed E-state index contributed by atoms with van der Waals surface area (Å²) in [5.74, 6) is 0.345. The molecule has 0 aliphatic rings. The molecule has 2 rings (SSSR count). The Morgan fingerprint density at radius 1 is 1.23 bits per heavy atom. The number of hydrogen-bond donors (Lipinski definition) is 3. The first kappa shape index (κ1) is 19.8. The van der Waals surface area contributed by atoms with Gasteiger partial charge in [-0.15, -0.1) is 0 Å². The van der Waals surface area contributed by atoms with Gasteiger partial charge in [0.15, 0.2) is 17.5 Å². The van der Waals surface area contributed by atoms with Gasteiger partial charge in [0.25, 0.3) is 0 Å². The fourth-order valence-electron chi connectivity index (χ4n) is 2.33. The van der Waals surface area contributed by atoms with Crippen LogP contribution in [0.3, 0.4) is 0 Å². The zero-order valence-corrected chi connectivity index (χ0v) is 15.6. The van der Waals surface area contributed by atoms with Crippen molar-refractivity contribution < 1.29 is 14.2 Å². The molecular formula is C19H23ClFN3O2. The molecule has 0 bridgehead atoms. The molecule has 0 aliphatic heterocycles. The van der Waals surface area contributed by atoms with Crippen molar-refractivity contribution in [2.45, 2.75) is 19.9 Å². The molecule has 0 radical (unpaired) electrons. The lowest BCUT2D eigenvalue weighted by Crippen LogP contribution is -2.38. The third kappa shape index (κ3) is 5.81. The van der Waals surface area contributed by atoms with Crippen LogP contribution in [0.1, 0.15) is 18.1 Å². The van der Waals surface area contributed by atoms with Crippen molar-refractivity contribution in [3.05, 3.63) is 58.4 Å². The summed E-state index contributed by atoms with van der Waals surface area (Å²) in [6.45, 7) is 3.62. The van der Waals surface area contributed by atoms with Crippen LogP contribution in [0.5, 0.6) is 11.5 Å². The van der Waals surface area contributed by atoms with Crippen LogP contribution in [0.4, 0.5) is 4.39 Å². The molecule has 2 aromatic rings. The molecule has 2 aromatic carbocycles. The molecule has 3 N–H and O–H groups in total. The molecule has 0 heterocycles. The topological polar surface area (TPSA) is 65.9 Å². The number of aliphatic imine (C=N–C) groups is 1. The maximum absolute atomic E-state index is 13.4. The SMILES string of the molecule is CCNC(=NCc1ccc(O)c(F)c1)NCCc1ccc(OC)cc1Cl. The van der Waals surface area contributed by atoms with Crippen LogP contribution >= 0.6 is 11.6 Å². The van der Waals surface area contributed by atoms with Gasteiger partial charge in [0.1, 0.15) is 5.75 Å². The smallest absolute Gasteiger partial charge is 0.191 e. The number of hydrogen-bond acceptors (Lipinski definition) is 3. The van der Waals surface area contributed by atoms with Crippen molar-refractivity contribution in [2.24, 2.45) is 4.99 Å². The van der Waals surface area contributed by atoms with Crippen molar-refractivity contribution in [1.29, 1.82) is 0 Å². The predicted octanol–water partition coefficient (Wildman–Crippen LogP) is 3.49. The standard InChI is InChI=1S/C19H23ClFN3O2/c1-3-22-19(24-12-13-4-7-18(25)17(21)10-13)23-9-8-14-5-6-15(26-2)11-16(14)20/h4-7,10-11,25H,3,8-9,12H2,1-2H3,(H2,22,23,24). The lowest BCUT2D eigenvalue weighted by molar-refractivity contribution is 0.414. The summed E-state index contributed by atoms with van der Waals surface area (Å²) in [4.78, 5) is 4.43. The van der Waals surface area contributed by atoms with E-state index in [4.69, 9.17) is 16.3 Å². The second kappa shape index (κ2) is 9.87. The van der Waals surface area contributed by atoms with E-state index in [1.54, 1.807) is 19.2 Å². The van der Waals surface area contributed by atoms with Crippen LogP contribution in [0.15, 0.2) is 41.4 Å². The maximum Gasteiger partial charge on any atom is 0.191 e. The Bertz CT molecular complexity index is 768. The Balaban J connectivity index is 1.93. The van der Waals surface area contributed by atoms with E-state index >= 15 is 0 Å². The van der Waals surface area contributed by atoms with E-state index < -0.39 is 5.82 Å². The van der Waals surface area contributed by atoms with Crippen molar-refractivity contribution in [2.75, 3.05) is 20.2 Å². The van der Waals surface area contributed by atoms with Gasteiger partial charge in [-0.25, -0.2) is 9.38 Å². The van der Waals surface area contributed by atoms with Gasteiger partial charge in [-0.3, -0.25) is 0 Å². The fraction of sp³-hybridized carbons (Fsp3) is 0.316. The monoisotopic (exact) mass is 379 g/mol. The molecule has 0 atom stereocenters. The van der Waals surface area contributed by atoms with Gasteiger partial charge in [0.2, 0.25) is 0 Å². The highest BCUT2D eigenvalue weighted by atomic mass is 35.5. The summed E-state index contributed by atoms with van der Waals surface area (Å²) in [6, 6.07) is 9.84. The van der Waals surface area contributed by atoms with E-state index in [1.165, 1.54) is 12.1 Å². The zero-order valence-electron chi connectivity index (χ0n) is 14.9. The Kier molecular flexibility index (Phi) is 7.53. The van der Waals surface area contributed by atoms with E-state index in [-0.39, 0.29) is 5.75 Å². The first-order valence-corrected chi connectivity index (χ1v) is 8.73. The number of guanidine groups is 1. The van der Waals surface area contributed by atoms with Gasteiger partial charge in [-0.05, 0) is 48.7 Å². The summed E-state index contributed by atoms with van der Waals surface area (Å²) in [5.41, 5.74) is 1.69. The molecular weight excluding hydrogens is 357 g/mol. The lowest BCUT2D eigenvalue weighted by atomic mass is 10.1. The summed E-state index contributed by atoms with van der Waals surface area (Å²) in [5, 5.41) is 16.3. The Labute approximate surface area is 157 Å². The second-order valence-corrected chi connectivity index (χ2v) is 6.02. The van der Waals surface area contributed by atoms with Gasteiger partial charge < -0.3 is 20.5 Å². The lowest BCUT2D eigenvalue weighted by Gasteiger charge is -2.12. The minimum absolute atomic E-state index is 0.301. The molecule has 140 valence electrons. The van der Waals surface area contributed by atoms with Crippen molar-refractivity contribution in [1.82, 2.24) is 10.6 Å².